The zero-order valence-electron chi connectivity index (χ0n) is 28.7. The van der Waals surface area contributed by atoms with E-state index in [1.54, 1.807) is 17.8 Å². The van der Waals surface area contributed by atoms with Gasteiger partial charge in [0.1, 0.15) is 23.2 Å². The third-order valence-electron chi connectivity index (χ3n) is 10.9. The number of nitrogens with zero attached hydrogens (tertiary/aromatic N) is 6. The Hall–Kier alpha value is -5.38. The Morgan fingerprint density at radius 1 is 1.02 bits per heavy atom. The fraction of sp³-hybridized carbons (Fsp3) is 0.405. The monoisotopic (exact) mass is 732 g/mol. The Morgan fingerprint density at radius 2 is 1.77 bits per heavy atom. The van der Waals surface area contributed by atoms with E-state index < -0.39 is 41.2 Å². The highest BCUT2D eigenvalue weighted by Crippen LogP contribution is 2.40. The van der Waals surface area contributed by atoms with Gasteiger partial charge in [-0.1, -0.05) is 18.2 Å². The first-order valence-electron chi connectivity index (χ1n) is 17.6. The molecule has 16 heteroatoms. The molecule has 5 heterocycles. The maximum Gasteiger partial charge on any atom is 0.433 e. The van der Waals surface area contributed by atoms with Crippen LogP contribution in [0.15, 0.2) is 59.5 Å². The van der Waals surface area contributed by atoms with Gasteiger partial charge in [0.25, 0.3) is 5.91 Å². The van der Waals surface area contributed by atoms with Gasteiger partial charge in [0.05, 0.1) is 28.3 Å². The molecule has 5 aromatic rings. The molecule has 276 valence electrons. The van der Waals surface area contributed by atoms with Crippen molar-refractivity contribution >= 4 is 45.3 Å². The number of pyridine rings is 1. The highest BCUT2D eigenvalue weighted by Gasteiger charge is 2.36. The van der Waals surface area contributed by atoms with Crippen LogP contribution >= 0.6 is 0 Å². The van der Waals surface area contributed by atoms with Crippen molar-refractivity contribution in [3.05, 3.63) is 88.0 Å². The summed E-state index contributed by atoms with van der Waals surface area (Å²) >= 11 is 0. The molecule has 1 aliphatic carbocycles. The number of piperidine rings is 2. The molecule has 8 rings (SSSR count). The number of para-hydroxylation sites is 1. The molecule has 3 aromatic heterocycles. The number of rotatable bonds is 7. The van der Waals surface area contributed by atoms with Crippen molar-refractivity contribution in [2.75, 3.05) is 25.0 Å². The number of aryl methyl sites for hydroxylation is 1. The Bertz CT molecular complexity index is 2330. The number of likely N-dealkylation sites (tertiary alicyclic amines) is 1. The van der Waals surface area contributed by atoms with E-state index in [9.17, 15) is 36.7 Å². The Kier molecular flexibility index (Phi) is 8.66. The number of amides is 3. The predicted octanol–water partition coefficient (Wildman–Crippen LogP) is 5.30. The van der Waals surface area contributed by atoms with Crippen LogP contribution in [-0.4, -0.2) is 66.2 Å². The quantitative estimate of drug-likeness (QED) is 0.171. The molecule has 3 fully saturated rings. The zero-order valence-corrected chi connectivity index (χ0v) is 28.7. The molecule has 1 atom stereocenters. The molecule has 3 amide bonds. The lowest BCUT2D eigenvalue weighted by Crippen LogP contribution is -2.44. The number of anilines is 1. The number of benzene rings is 2. The van der Waals surface area contributed by atoms with Gasteiger partial charge in [-0.05, 0) is 86.9 Å². The van der Waals surface area contributed by atoms with E-state index in [0.717, 1.165) is 74.6 Å². The lowest BCUT2D eigenvalue weighted by molar-refractivity contribution is -0.141. The molecule has 2 aromatic carbocycles. The van der Waals surface area contributed by atoms with Crippen LogP contribution in [0, 0.1) is 11.7 Å². The third-order valence-corrected chi connectivity index (χ3v) is 10.9. The molecule has 0 spiro atoms. The number of imide groups is 1. The summed E-state index contributed by atoms with van der Waals surface area (Å²) in [6, 6.07) is 10.8. The van der Waals surface area contributed by atoms with Gasteiger partial charge in [-0.15, -0.1) is 0 Å². The minimum absolute atomic E-state index is 0.132. The van der Waals surface area contributed by atoms with Crippen molar-refractivity contribution < 1.29 is 31.9 Å². The van der Waals surface area contributed by atoms with Gasteiger partial charge in [0.2, 0.25) is 11.8 Å². The molecular formula is C37H36F4N8O4. The summed E-state index contributed by atoms with van der Waals surface area (Å²) in [7, 11) is 1.73. The van der Waals surface area contributed by atoms with E-state index in [2.05, 4.69) is 31.7 Å². The number of hydrogen-bond donors (Lipinski definition) is 2. The molecule has 1 saturated carbocycles. The van der Waals surface area contributed by atoms with Crippen LogP contribution in [-0.2, 0) is 22.8 Å². The molecule has 0 radical (unpaired) electrons. The summed E-state index contributed by atoms with van der Waals surface area (Å²) in [6.07, 6.45) is 1.20. The van der Waals surface area contributed by atoms with E-state index in [0.29, 0.717) is 22.3 Å². The van der Waals surface area contributed by atoms with E-state index in [4.69, 9.17) is 0 Å². The summed E-state index contributed by atoms with van der Waals surface area (Å²) in [6.45, 7) is 2.74. The SMILES string of the molecule is Cn1c(=O)n(C2CCC(=O)NC2=O)c2cccc(C3CCN(C[C@H]4C[C@H](n5cc6cc(NC(=O)c7cccc(C(F)(F)F)n7)c(F)cc6n5)C4)CC3)c21. The molecule has 3 aliphatic rings. The van der Waals surface area contributed by atoms with Crippen molar-refractivity contribution in [2.24, 2.45) is 13.0 Å². The average Bonchev–Trinajstić information content (AvgIpc) is 3.63. The maximum absolute atomic E-state index is 14.9. The average molecular weight is 733 g/mol. The maximum atomic E-state index is 14.9. The largest absolute Gasteiger partial charge is 0.433 e. The summed E-state index contributed by atoms with van der Waals surface area (Å²) in [5.74, 6) is -1.78. The number of carbonyl (C=O) groups is 3. The molecule has 53 heavy (non-hydrogen) atoms. The zero-order chi connectivity index (χ0) is 37.2. The third kappa shape index (κ3) is 6.49. The van der Waals surface area contributed by atoms with Gasteiger partial charge in [-0.3, -0.25) is 33.5 Å². The number of carbonyl (C=O) groups excluding carboxylic acids is 3. The van der Waals surface area contributed by atoms with Crippen molar-refractivity contribution in [1.82, 2.24) is 34.1 Å². The Morgan fingerprint density at radius 3 is 2.51 bits per heavy atom. The lowest BCUT2D eigenvalue weighted by Gasteiger charge is -2.41. The van der Waals surface area contributed by atoms with Gasteiger partial charge < -0.3 is 10.2 Å². The fourth-order valence-electron chi connectivity index (χ4n) is 8.14. The van der Waals surface area contributed by atoms with E-state index >= 15 is 0 Å². The van der Waals surface area contributed by atoms with Crippen molar-refractivity contribution in [1.29, 1.82) is 0 Å². The molecular weight excluding hydrogens is 696 g/mol. The highest BCUT2D eigenvalue weighted by molar-refractivity contribution is 6.04. The second-order valence-electron chi connectivity index (χ2n) is 14.3. The first kappa shape index (κ1) is 34.7. The van der Waals surface area contributed by atoms with Crippen LogP contribution in [0.5, 0.6) is 0 Å². The molecule has 0 bridgehead atoms. The first-order valence-corrected chi connectivity index (χ1v) is 17.6. The number of alkyl halides is 3. The van der Waals surface area contributed by atoms with Crippen LogP contribution in [0.3, 0.4) is 0 Å². The number of nitrogens with one attached hydrogen (secondary N) is 2. The summed E-state index contributed by atoms with van der Waals surface area (Å²) in [5, 5.41) is 9.85. The van der Waals surface area contributed by atoms with Gasteiger partial charge in [-0.25, -0.2) is 14.2 Å². The Balaban J connectivity index is 0.878. The second kappa shape index (κ2) is 13.2. The van der Waals surface area contributed by atoms with E-state index in [1.165, 1.54) is 16.7 Å². The number of aromatic nitrogens is 5. The lowest BCUT2D eigenvalue weighted by atomic mass is 9.79. The summed E-state index contributed by atoms with van der Waals surface area (Å²) < 4.78 is 59.1. The van der Waals surface area contributed by atoms with Crippen LogP contribution in [0.2, 0.25) is 0 Å². The van der Waals surface area contributed by atoms with E-state index in [1.807, 2.05) is 16.8 Å². The second-order valence-corrected chi connectivity index (χ2v) is 14.3. The van der Waals surface area contributed by atoms with Crippen molar-refractivity contribution in [3.63, 3.8) is 0 Å². The van der Waals surface area contributed by atoms with Crippen LogP contribution in [0.25, 0.3) is 21.9 Å². The normalized spacial score (nSPS) is 21.6. The molecule has 2 aliphatic heterocycles. The highest BCUT2D eigenvalue weighted by atomic mass is 19.4. The number of imidazole rings is 1. The number of halogens is 4. The van der Waals surface area contributed by atoms with Gasteiger partial charge in [-0.2, -0.15) is 18.3 Å². The van der Waals surface area contributed by atoms with Crippen molar-refractivity contribution in [3.8, 4) is 0 Å². The molecule has 2 N–H and O–H groups in total. The smallest absolute Gasteiger partial charge is 0.318 e. The van der Waals surface area contributed by atoms with Gasteiger partial charge in [0, 0.05) is 37.7 Å². The summed E-state index contributed by atoms with van der Waals surface area (Å²) in [4.78, 5) is 56.2. The molecule has 2 saturated heterocycles. The van der Waals surface area contributed by atoms with Crippen LogP contribution in [0.4, 0.5) is 23.2 Å². The minimum atomic E-state index is -4.72. The number of hydrogen-bond acceptors (Lipinski definition) is 7. The minimum Gasteiger partial charge on any atom is -0.318 e. The predicted molar refractivity (Wildman–Crippen MR) is 186 cm³/mol. The standard InChI is InChI=1S/C37H36F4N8O4/c1-46-33-24(4-2-6-29(33)49(36(46)53)30-8-9-32(50)44-35(30)52)21-10-12-47(13-11-21)18-20-14-23(15-20)48-19-22-16-28(25(38)17-27(22)45-48)43-34(51)26-5-3-7-31(42-26)37(39,40)41/h2-7,16-17,19-21,23,30H,8-15,18H2,1H3,(H,43,51)(H,44,50,52)/t20-,23-,30?. The van der Waals surface area contributed by atoms with Gasteiger partial charge in [0.15, 0.2) is 0 Å². The first-order chi connectivity index (χ1) is 25.3. The molecule has 1 unspecified atom stereocenters. The Labute approximate surface area is 299 Å². The van der Waals surface area contributed by atoms with Gasteiger partial charge >= 0.3 is 11.9 Å². The summed E-state index contributed by atoms with van der Waals surface area (Å²) in [5.41, 5.74) is 0.886. The topological polar surface area (TPSA) is 136 Å². The van der Waals surface area contributed by atoms with Crippen LogP contribution < -0.4 is 16.3 Å². The molecule has 12 nitrogen and oxygen atoms in total. The number of fused-ring (bicyclic) bond motifs is 2. The van der Waals surface area contributed by atoms with Crippen LogP contribution in [0.1, 0.15) is 78.3 Å². The van der Waals surface area contributed by atoms with E-state index in [-0.39, 0.29) is 42.1 Å². The fourth-order valence-corrected chi connectivity index (χ4v) is 8.14. The van der Waals surface area contributed by atoms with Crippen molar-refractivity contribution in [2.45, 2.75) is 62.7 Å².